The summed E-state index contributed by atoms with van der Waals surface area (Å²) in [5.41, 5.74) is 0. The molecule has 1 atom stereocenters. The molecule has 0 heterocycles. The number of carbonyl (C=O) groups excluding carboxylic acids is 1. The molecule has 0 bridgehead atoms. The minimum atomic E-state index is -0.236. The Labute approximate surface area is 72.0 Å². The SMILES string of the molecule is CC(C#N)CN(C)C(=O)CC#N. The van der Waals surface area contributed by atoms with Crippen molar-refractivity contribution in [3.05, 3.63) is 0 Å². The van der Waals surface area contributed by atoms with Crippen molar-refractivity contribution in [3.8, 4) is 12.1 Å². The number of rotatable bonds is 3. The lowest BCUT2D eigenvalue weighted by atomic mass is 10.2. The molecule has 64 valence electrons. The maximum absolute atomic E-state index is 11.0. The van der Waals surface area contributed by atoms with E-state index in [4.69, 9.17) is 10.5 Å². The zero-order chi connectivity index (χ0) is 9.56. The summed E-state index contributed by atoms with van der Waals surface area (Å²) in [4.78, 5) is 12.4. The monoisotopic (exact) mass is 165 g/mol. The lowest BCUT2D eigenvalue weighted by Gasteiger charge is -2.16. The van der Waals surface area contributed by atoms with Gasteiger partial charge < -0.3 is 4.90 Å². The van der Waals surface area contributed by atoms with Crippen LogP contribution in [0.3, 0.4) is 0 Å². The second-order valence-electron chi connectivity index (χ2n) is 2.64. The zero-order valence-electron chi connectivity index (χ0n) is 7.24. The molecule has 0 aromatic heterocycles. The van der Waals surface area contributed by atoms with Crippen molar-refractivity contribution in [1.82, 2.24) is 4.90 Å². The Morgan fingerprint density at radius 1 is 1.58 bits per heavy atom. The molecule has 4 heteroatoms. The number of nitriles is 2. The minimum Gasteiger partial charge on any atom is -0.344 e. The van der Waals surface area contributed by atoms with Crippen LogP contribution in [0.2, 0.25) is 0 Å². The number of carbonyl (C=O) groups is 1. The summed E-state index contributed by atoms with van der Waals surface area (Å²) in [6.07, 6.45) is -0.116. The standard InChI is InChI=1S/C8H11N3O/c1-7(5-10)6-11(2)8(12)3-4-9/h7H,3,6H2,1-2H3. The van der Waals surface area contributed by atoms with Gasteiger partial charge in [0.2, 0.25) is 5.91 Å². The molecule has 0 aliphatic rings. The fourth-order valence-electron chi connectivity index (χ4n) is 0.756. The first-order valence-corrected chi connectivity index (χ1v) is 3.62. The summed E-state index contributed by atoms with van der Waals surface area (Å²) < 4.78 is 0. The van der Waals surface area contributed by atoms with Gasteiger partial charge in [-0.05, 0) is 6.92 Å². The fourth-order valence-corrected chi connectivity index (χ4v) is 0.756. The maximum atomic E-state index is 11.0. The maximum Gasteiger partial charge on any atom is 0.236 e. The number of hydrogen-bond acceptors (Lipinski definition) is 3. The van der Waals surface area contributed by atoms with E-state index in [0.717, 1.165) is 0 Å². The summed E-state index contributed by atoms with van der Waals surface area (Å²) >= 11 is 0. The van der Waals surface area contributed by atoms with Gasteiger partial charge in [0.15, 0.2) is 0 Å². The first kappa shape index (κ1) is 10.4. The highest BCUT2D eigenvalue weighted by Gasteiger charge is 2.10. The van der Waals surface area contributed by atoms with Gasteiger partial charge in [-0.3, -0.25) is 4.79 Å². The molecule has 1 unspecified atom stereocenters. The minimum absolute atomic E-state index is 0.116. The van der Waals surface area contributed by atoms with Crippen LogP contribution in [0.4, 0.5) is 0 Å². The predicted molar refractivity (Wildman–Crippen MR) is 42.6 cm³/mol. The van der Waals surface area contributed by atoms with Crippen LogP contribution in [-0.4, -0.2) is 24.4 Å². The van der Waals surface area contributed by atoms with Crippen LogP contribution >= 0.6 is 0 Å². The van der Waals surface area contributed by atoms with Gasteiger partial charge in [-0.2, -0.15) is 10.5 Å². The van der Waals surface area contributed by atoms with Crippen molar-refractivity contribution in [3.63, 3.8) is 0 Å². The van der Waals surface area contributed by atoms with Gasteiger partial charge in [0.25, 0.3) is 0 Å². The molecule has 0 rings (SSSR count). The van der Waals surface area contributed by atoms with E-state index in [9.17, 15) is 4.79 Å². The lowest BCUT2D eigenvalue weighted by molar-refractivity contribution is -0.129. The van der Waals surface area contributed by atoms with E-state index >= 15 is 0 Å². The van der Waals surface area contributed by atoms with Crippen molar-refractivity contribution in [2.45, 2.75) is 13.3 Å². The molecule has 0 aromatic carbocycles. The van der Waals surface area contributed by atoms with Crippen LogP contribution in [0, 0.1) is 28.6 Å². The first-order chi connectivity index (χ1) is 5.61. The van der Waals surface area contributed by atoms with Crippen molar-refractivity contribution in [2.75, 3.05) is 13.6 Å². The molecule has 0 N–H and O–H groups in total. The third kappa shape index (κ3) is 3.58. The van der Waals surface area contributed by atoms with Gasteiger partial charge >= 0.3 is 0 Å². The molecule has 4 nitrogen and oxygen atoms in total. The molecule has 0 aliphatic carbocycles. The van der Waals surface area contributed by atoms with Crippen molar-refractivity contribution < 1.29 is 4.79 Å². The summed E-state index contributed by atoms with van der Waals surface area (Å²) in [5, 5.41) is 16.7. The molecule has 0 fully saturated rings. The summed E-state index contributed by atoms with van der Waals surface area (Å²) in [6.45, 7) is 2.12. The van der Waals surface area contributed by atoms with E-state index in [2.05, 4.69) is 0 Å². The normalized spacial score (nSPS) is 11.0. The number of nitrogens with zero attached hydrogens (tertiary/aromatic N) is 3. The Kier molecular flexibility index (Phi) is 4.48. The van der Waals surface area contributed by atoms with Crippen molar-refractivity contribution in [1.29, 1.82) is 10.5 Å². The highest BCUT2D eigenvalue weighted by Crippen LogP contribution is 1.97. The number of amides is 1. The molecule has 1 amide bonds. The smallest absolute Gasteiger partial charge is 0.236 e. The third-order valence-corrected chi connectivity index (χ3v) is 1.42. The Morgan fingerprint density at radius 3 is 2.58 bits per heavy atom. The first-order valence-electron chi connectivity index (χ1n) is 3.62. The van der Waals surface area contributed by atoms with Crippen LogP contribution in [-0.2, 0) is 4.79 Å². The van der Waals surface area contributed by atoms with E-state index < -0.39 is 0 Å². The van der Waals surface area contributed by atoms with Crippen LogP contribution < -0.4 is 0 Å². The van der Waals surface area contributed by atoms with Crippen LogP contribution in [0.1, 0.15) is 13.3 Å². The Balaban J connectivity index is 3.90. The second-order valence-corrected chi connectivity index (χ2v) is 2.64. The molecule has 0 aromatic rings. The third-order valence-electron chi connectivity index (χ3n) is 1.42. The van der Waals surface area contributed by atoms with Gasteiger partial charge in [-0.1, -0.05) is 0 Å². The topological polar surface area (TPSA) is 67.9 Å². The van der Waals surface area contributed by atoms with E-state index in [-0.39, 0.29) is 18.2 Å². The largest absolute Gasteiger partial charge is 0.344 e. The summed E-state index contributed by atoms with van der Waals surface area (Å²) in [7, 11) is 1.59. The molecule has 0 aliphatic heterocycles. The average molecular weight is 165 g/mol. The summed E-state index contributed by atoms with van der Waals surface area (Å²) in [5.74, 6) is -0.419. The highest BCUT2D eigenvalue weighted by atomic mass is 16.2. The van der Waals surface area contributed by atoms with Gasteiger partial charge in [0.05, 0.1) is 18.1 Å². The van der Waals surface area contributed by atoms with Gasteiger partial charge in [-0.25, -0.2) is 0 Å². The predicted octanol–water partition coefficient (Wildman–Crippen LogP) is 0.518. The molecule has 0 spiro atoms. The molecular formula is C8H11N3O. The fraction of sp³-hybridized carbons (Fsp3) is 0.625. The van der Waals surface area contributed by atoms with Crippen LogP contribution in [0.5, 0.6) is 0 Å². The van der Waals surface area contributed by atoms with E-state index in [1.165, 1.54) is 4.90 Å². The zero-order valence-corrected chi connectivity index (χ0v) is 7.24. The van der Waals surface area contributed by atoms with Gasteiger partial charge in [0.1, 0.15) is 6.42 Å². The van der Waals surface area contributed by atoms with E-state index in [1.807, 2.05) is 6.07 Å². The highest BCUT2D eigenvalue weighted by molar-refractivity contribution is 5.77. The second kappa shape index (κ2) is 5.15. The van der Waals surface area contributed by atoms with E-state index in [1.54, 1.807) is 20.0 Å². The van der Waals surface area contributed by atoms with Crippen LogP contribution in [0.25, 0.3) is 0 Å². The van der Waals surface area contributed by atoms with Gasteiger partial charge in [-0.15, -0.1) is 0 Å². The molecule has 12 heavy (non-hydrogen) atoms. The van der Waals surface area contributed by atoms with Gasteiger partial charge in [0, 0.05) is 13.6 Å². The molecular weight excluding hydrogens is 154 g/mol. The quantitative estimate of drug-likeness (QED) is 0.612. The lowest BCUT2D eigenvalue weighted by Crippen LogP contribution is -2.30. The van der Waals surface area contributed by atoms with Crippen LogP contribution in [0.15, 0.2) is 0 Å². The number of hydrogen-bond donors (Lipinski definition) is 0. The molecule has 0 saturated carbocycles. The van der Waals surface area contributed by atoms with Crippen molar-refractivity contribution in [2.24, 2.45) is 5.92 Å². The Bertz CT molecular complexity index is 236. The molecule has 0 saturated heterocycles. The Morgan fingerprint density at radius 2 is 2.17 bits per heavy atom. The van der Waals surface area contributed by atoms with E-state index in [0.29, 0.717) is 6.54 Å². The summed E-state index contributed by atoms with van der Waals surface area (Å²) in [6, 6.07) is 3.78. The van der Waals surface area contributed by atoms with Crippen molar-refractivity contribution >= 4 is 5.91 Å². The molecule has 0 radical (unpaired) electrons. The average Bonchev–Trinajstić information content (AvgIpc) is 2.04. The Hall–Kier alpha value is -1.55.